The van der Waals surface area contributed by atoms with Gasteiger partial charge < -0.3 is 14.7 Å². The van der Waals surface area contributed by atoms with Gasteiger partial charge in [0.15, 0.2) is 0 Å². The zero-order valence-corrected chi connectivity index (χ0v) is 16.7. The number of amides is 1. The number of rotatable bonds is 3. The zero-order chi connectivity index (χ0) is 22.5. The second-order valence-electron chi connectivity index (χ2n) is 7.94. The summed E-state index contributed by atoms with van der Waals surface area (Å²) in [6.45, 7) is 1.80. The second-order valence-corrected chi connectivity index (χ2v) is 7.94. The van der Waals surface area contributed by atoms with Crippen molar-refractivity contribution in [3.8, 4) is 11.4 Å². The fourth-order valence-electron chi connectivity index (χ4n) is 4.45. The van der Waals surface area contributed by atoms with E-state index >= 15 is 0 Å². The predicted octanol–water partition coefficient (Wildman–Crippen LogP) is 4.00. The minimum Gasteiger partial charge on any atom is -0.331 e. The molecule has 2 aliphatic rings. The number of hydrogen-bond acceptors (Lipinski definition) is 5. The third-order valence-electron chi connectivity index (χ3n) is 6.01. The summed E-state index contributed by atoms with van der Waals surface area (Å²) in [5, 5.41) is 6.73. The summed E-state index contributed by atoms with van der Waals surface area (Å²) in [5.74, 6) is -2.18. The number of halogens is 4. The van der Waals surface area contributed by atoms with Gasteiger partial charge in [-0.3, -0.25) is 4.79 Å². The number of benzene rings is 2. The van der Waals surface area contributed by atoms with E-state index in [0.29, 0.717) is 18.7 Å². The molecule has 1 amide bonds. The van der Waals surface area contributed by atoms with Crippen molar-refractivity contribution >= 4 is 5.91 Å². The van der Waals surface area contributed by atoms with Crippen LogP contribution >= 0.6 is 0 Å². The first-order valence-electron chi connectivity index (χ1n) is 10.1. The van der Waals surface area contributed by atoms with Crippen molar-refractivity contribution in [3.63, 3.8) is 0 Å². The number of fused-ring (bicyclic) bond motifs is 1. The second kappa shape index (κ2) is 7.70. The molecule has 3 heterocycles. The number of nitrogens with one attached hydrogen (secondary N) is 1. The third kappa shape index (κ3) is 3.64. The minimum atomic E-state index is -4.74. The van der Waals surface area contributed by atoms with E-state index in [-0.39, 0.29) is 35.1 Å². The Kier molecular flexibility index (Phi) is 4.96. The maximum Gasteiger partial charge on any atom is 0.471 e. The number of piperidine rings is 1. The molecule has 10 heteroatoms. The van der Waals surface area contributed by atoms with Gasteiger partial charge in [0.25, 0.3) is 5.91 Å². The van der Waals surface area contributed by atoms with Crippen molar-refractivity contribution in [3.05, 3.63) is 70.9 Å². The van der Waals surface area contributed by atoms with Gasteiger partial charge >= 0.3 is 12.1 Å². The topological polar surface area (TPSA) is 71.3 Å². The monoisotopic (exact) mass is 446 g/mol. The molecule has 2 aromatic carbocycles. The first-order valence-corrected chi connectivity index (χ1v) is 10.1. The van der Waals surface area contributed by atoms with Crippen molar-refractivity contribution in [2.75, 3.05) is 13.1 Å². The Hall–Kier alpha value is -3.27. The van der Waals surface area contributed by atoms with Gasteiger partial charge in [0, 0.05) is 36.2 Å². The lowest BCUT2D eigenvalue weighted by Crippen LogP contribution is -2.48. The first kappa shape index (κ1) is 20.6. The highest BCUT2D eigenvalue weighted by Gasteiger charge is 2.40. The van der Waals surface area contributed by atoms with Crippen LogP contribution in [0.25, 0.3) is 11.4 Å². The lowest BCUT2D eigenvalue weighted by atomic mass is 9.86. The van der Waals surface area contributed by atoms with E-state index in [1.807, 2.05) is 0 Å². The summed E-state index contributed by atoms with van der Waals surface area (Å²) in [6, 6.07) is 11.0. The number of carbonyl (C=O) groups excluding carboxylic acids is 1. The molecule has 0 radical (unpaired) electrons. The smallest absolute Gasteiger partial charge is 0.331 e. The molecule has 3 aromatic rings. The lowest BCUT2D eigenvalue weighted by Gasteiger charge is -2.38. The molecule has 1 fully saturated rings. The number of carbonyl (C=O) groups is 1. The lowest BCUT2D eigenvalue weighted by molar-refractivity contribution is -0.159. The Balaban J connectivity index is 1.42. The van der Waals surface area contributed by atoms with Crippen LogP contribution < -0.4 is 5.32 Å². The van der Waals surface area contributed by atoms with Crippen LogP contribution in [-0.2, 0) is 12.7 Å². The van der Waals surface area contributed by atoms with E-state index in [9.17, 15) is 22.4 Å². The summed E-state index contributed by atoms with van der Waals surface area (Å²) in [6.07, 6.45) is -4.01. The Morgan fingerprint density at radius 1 is 1.12 bits per heavy atom. The van der Waals surface area contributed by atoms with Crippen LogP contribution in [0.15, 0.2) is 47.0 Å². The molecule has 0 saturated carbocycles. The van der Waals surface area contributed by atoms with Gasteiger partial charge in [-0.2, -0.15) is 18.2 Å². The predicted molar refractivity (Wildman–Crippen MR) is 105 cm³/mol. The average Bonchev–Trinajstić information content (AvgIpc) is 3.40. The molecule has 0 bridgehead atoms. The molecule has 2 aliphatic heterocycles. The molecule has 1 N–H and O–H groups in total. The van der Waals surface area contributed by atoms with Crippen LogP contribution in [0.3, 0.4) is 0 Å². The summed E-state index contributed by atoms with van der Waals surface area (Å²) in [4.78, 5) is 18.5. The molecule has 2 atom stereocenters. The molecule has 1 aromatic heterocycles. The molecule has 1 saturated heterocycles. The molecule has 0 aliphatic carbocycles. The van der Waals surface area contributed by atoms with Crippen molar-refractivity contribution in [2.45, 2.75) is 31.1 Å². The van der Waals surface area contributed by atoms with Gasteiger partial charge in [0.2, 0.25) is 5.82 Å². The van der Waals surface area contributed by atoms with Crippen LogP contribution in [0.2, 0.25) is 0 Å². The number of alkyl halides is 3. The third-order valence-corrected chi connectivity index (χ3v) is 6.01. The van der Waals surface area contributed by atoms with Crippen LogP contribution in [0.4, 0.5) is 17.6 Å². The SMILES string of the molecule is O=C1c2cc(-c3noc(C(F)(F)F)n3)ccc2CN1C1CCNC[C@H]1c1ccc(F)cc1. The van der Waals surface area contributed by atoms with Crippen molar-refractivity contribution < 1.29 is 26.9 Å². The Morgan fingerprint density at radius 3 is 2.62 bits per heavy atom. The fraction of sp³-hybridized carbons (Fsp3) is 0.318. The molecular weight excluding hydrogens is 428 g/mol. The molecule has 166 valence electrons. The maximum atomic E-state index is 13.4. The van der Waals surface area contributed by atoms with Crippen LogP contribution in [0.5, 0.6) is 0 Å². The van der Waals surface area contributed by atoms with Gasteiger partial charge in [0.05, 0.1) is 0 Å². The molecule has 0 spiro atoms. The van der Waals surface area contributed by atoms with Crippen molar-refractivity contribution in [1.29, 1.82) is 0 Å². The van der Waals surface area contributed by atoms with Crippen molar-refractivity contribution in [2.24, 2.45) is 0 Å². The normalized spacial score (nSPS) is 21.1. The highest BCUT2D eigenvalue weighted by molar-refractivity contribution is 5.99. The van der Waals surface area contributed by atoms with Gasteiger partial charge in [0.1, 0.15) is 5.82 Å². The van der Waals surface area contributed by atoms with Gasteiger partial charge in [-0.1, -0.05) is 29.4 Å². The molecular formula is C22H18F4N4O2. The summed E-state index contributed by atoms with van der Waals surface area (Å²) in [5.41, 5.74) is 2.42. The highest BCUT2D eigenvalue weighted by atomic mass is 19.4. The highest BCUT2D eigenvalue weighted by Crippen LogP contribution is 2.36. The van der Waals surface area contributed by atoms with E-state index in [1.165, 1.54) is 18.2 Å². The van der Waals surface area contributed by atoms with Gasteiger partial charge in [-0.25, -0.2) is 4.39 Å². The Morgan fingerprint density at radius 2 is 1.91 bits per heavy atom. The molecule has 5 rings (SSSR count). The summed E-state index contributed by atoms with van der Waals surface area (Å²) in [7, 11) is 0. The van der Waals surface area contributed by atoms with Crippen LogP contribution in [0, 0.1) is 5.82 Å². The Bertz CT molecular complexity index is 1160. The van der Waals surface area contributed by atoms with Crippen LogP contribution in [-0.4, -0.2) is 40.1 Å². The van der Waals surface area contributed by atoms with Gasteiger partial charge in [-0.05, 0) is 42.3 Å². The zero-order valence-electron chi connectivity index (χ0n) is 16.7. The average molecular weight is 446 g/mol. The van der Waals surface area contributed by atoms with Crippen LogP contribution in [0.1, 0.15) is 39.7 Å². The fourth-order valence-corrected chi connectivity index (χ4v) is 4.45. The first-order chi connectivity index (χ1) is 15.3. The standard InChI is InChI=1S/C22H18F4N4O2/c23-15-5-3-12(4-6-15)17-10-27-8-7-18(17)30-11-14-2-1-13(9-16(14)20(30)31)19-28-21(32-29-19)22(24,25)26/h1-6,9,17-18,27H,7-8,10-11H2/t17-,18?/m0/s1. The summed E-state index contributed by atoms with van der Waals surface area (Å²) < 4.78 is 56.0. The summed E-state index contributed by atoms with van der Waals surface area (Å²) >= 11 is 0. The van der Waals surface area contributed by atoms with E-state index in [0.717, 1.165) is 24.1 Å². The van der Waals surface area contributed by atoms with E-state index in [4.69, 9.17) is 0 Å². The van der Waals surface area contributed by atoms with E-state index in [2.05, 4.69) is 20.0 Å². The quantitative estimate of drug-likeness (QED) is 0.616. The molecule has 1 unspecified atom stereocenters. The molecule has 32 heavy (non-hydrogen) atoms. The number of aromatic nitrogens is 2. The van der Waals surface area contributed by atoms with E-state index < -0.39 is 12.1 Å². The molecule has 6 nitrogen and oxygen atoms in total. The van der Waals surface area contributed by atoms with Crippen molar-refractivity contribution in [1.82, 2.24) is 20.4 Å². The Labute approximate surface area is 180 Å². The van der Waals surface area contributed by atoms with Gasteiger partial charge in [-0.15, -0.1) is 0 Å². The largest absolute Gasteiger partial charge is 0.471 e. The number of nitrogens with zero attached hydrogens (tertiary/aromatic N) is 3. The minimum absolute atomic E-state index is 0.00589. The van der Waals surface area contributed by atoms with E-state index in [1.54, 1.807) is 29.2 Å². The number of hydrogen-bond donors (Lipinski definition) is 1. The maximum absolute atomic E-state index is 13.4.